The zero-order valence-electron chi connectivity index (χ0n) is 36.2. The summed E-state index contributed by atoms with van der Waals surface area (Å²) in [5.41, 5.74) is 5.46. The van der Waals surface area contributed by atoms with E-state index >= 15 is 4.79 Å². The smallest absolute Gasteiger partial charge is 0.350 e. The van der Waals surface area contributed by atoms with E-state index in [0.717, 1.165) is 76.7 Å². The normalized spacial score (nSPS) is 40.2. The molecule has 13 atom stereocenters. The van der Waals surface area contributed by atoms with Crippen LogP contribution in [0.3, 0.4) is 0 Å². The molecule has 11 N–H and O–H groups in total. The topological polar surface area (TPSA) is 187 Å². The number of Topliss-reactive ketones (excluding diaryl/α,β-unsaturated/α-hetero) is 2. The van der Waals surface area contributed by atoms with Gasteiger partial charge in [-0.25, -0.2) is 10.1 Å². The number of guanidine groups is 1. The largest absolute Gasteiger partial charge is 0.463 e. The highest BCUT2D eigenvalue weighted by atomic mass is 16.7. The van der Waals surface area contributed by atoms with Gasteiger partial charge in [-0.05, 0) is 87.7 Å². The molecule has 3 saturated heterocycles. The molecule has 7 rings (SSSR count). The first-order chi connectivity index (χ1) is 28.0. The van der Waals surface area contributed by atoms with Crippen LogP contribution in [0.5, 0.6) is 0 Å². The summed E-state index contributed by atoms with van der Waals surface area (Å²) >= 11 is 0. The minimum Gasteiger partial charge on any atom is -0.463 e. The number of nitrogens with one attached hydrogen (secondary N) is 3. The molecule has 4 aliphatic carbocycles. The van der Waals surface area contributed by atoms with Crippen LogP contribution in [0.2, 0.25) is 0 Å². The summed E-state index contributed by atoms with van der Waals surface area (Å²) in [7, 11) is 3.89. The van der Waals surface area contributed by atoms with Gasteiger partial charge in [0.1, 0.15) is 25.5 Å². The van der Waals surface area contributed by atoms with Crippen LogP contribution in [-0.2, 0) is 23.9 Å². The lowest BCUT2D eigenvalue weighted by Crippen LogP contribution is -2.98. The Morgan fingerprint density at radius 2 is 1.86 bits per heavy atom. The summed E-state index contributed by atoms with van der Waals surface area (Å²) in [6.45, 7) is 9.62. The molecule has 1 spiro atoms. The van der Waals surface area contributed by atoms with Gasteiger partial charge in [-0.2, -0.15) is 0 Å². The zero-order chi connectivity index (χ0) is 41.0. The van der Waals surface area contributed by atoms with Crippen molar-refractivity contribution >= 4 is 23.5 Å². The van der Waals surface area contributed by atoms with E-state index in [0.29, 0.717) is 48.6 Å². The van der Waals surface area contributed by atoms with Crippen molar-refractivity contribution in [1.29, 1.82) is 0 Å². The average molecular weight is 808 g/mol. The first-order valence-corrected chi connectivity index (χ1v) is 23.3. The molecular weight excluding hydrogens is 731 g/mol. The second-order valence-electron chi connectivity index (χ2n) is 19.4. The second kappa shape index (κ2) is 18.8. The maximum atomic E-state index is 15.2. The van der Waals surface area contributed by atoms with Crippen LogP contribution in [0, 0.1) is 47.3 Å². The number of nitrogens with two attached hydrogens (primary N) is 4. The summed E-state index contributed by atoms with van der Waals surface area (Å²) in [5, 5.41) is 14.1. The van der Waals surface area contributed by atoms with Gasteiger partial charge in [0.25, 0.3) is 5.60 Å². The molecular formula is C46H77N7O5+4. The number of ketones is 2. The van der Waals surface area contributed by atoms with Crippen LogP contribution in [0.4, 0.5) is 0 Å². The van der Waals surface area contributed by atoms with Crippen molar-refractivity contribution in [2.75, 3.05) is 40.5 Å². The Morgan fingerprint density at radius 1 is 1.05 bits per heavy atom. The summed E-state index contributed by atoms with van der Waals surface area (Å²) in [5.74, 6) is 0.817. The summed E-state index contributed by atoms with van der Waals surface area (Å²) in [6, 6.07) is 0.259. The molecule has 12 nitrogen and oxygen atoms in total. The Bertz CT molecular complexity index is 1630. The maximum absolute atomic E-state index is 15.2. The number of ether oxygens (including phenoxy) is 2. The van der Waals surface area contributed by atoms with Gasteiger partial charge >= 0.3 is 11.9 Å². The number of carbonyl (C=O) groups is 3. The fraction of sp³-hybridized carbons (Fsp3) is 0.783. The fourth-order valence-electron chi connectivity index (χ4n) is 12.4. The molecule has 4 bridgehead atoms. The van der Waals surface area contributed by atoms with E-state index < -0.39 is 29.0 Å². The first kappa shape index (κ1) is 43.2. The van der Waals surface area contributed by atoms with Crippen LogP contribution in [0.25, 0.3) is 0 Å². The van der Waals surface area contributed by atoms with Crippen LogP contribution in [0.15, 0.2) is 35.5 Å². The summed E-state index contributed by atoms with van der Waals surface area (Å²) < 4.78 is 12.9. The van der Waals surface area contributed by atoms with E-state index in [1.807, 2.05) is 7.05 Å². The molecule has 58 heavy (non-hydrogen) atoms. The Morgan fingerprint density at radius 3 is 2.66 bits per heavy atom. The van der Waals surface area contributed by atoms with Crippen molar-refractivity contribution in [3.8, 4) is 0 Å². The third-order valence-corrected chi connectivity index (χ3v) is 15.5. The lowest BCUT2D eigenvalue weighted by molar-refractivity contribution is -0.717. The molecule has 5 unspecified atom stereocenters. The molecule has 0 aromatic rings. The molecule has 0 aromatic carbocycles. The van der Waals surface area contributed by atoms with Crippen molar-refractivity contribution in [3.05, 3.63) is 35.5 Å². The van der Waals surface area contributed by atoms with Crippen molar-refractivity contribution in [2.45, 2.75) is 140 Å². The minimum absolute atomic E-state index is 0.0560. The fourth-order valence-corrected chi connectivity index (χ4v) is 12.4. The Balaban J connectivity index is 1.17. The van der Waals surface area contributed by atoms with E-state index in [4.69, 9.17) is 15.2 Å². The first-order valence-electron chi connectivity index (χ1n) is 23.3. The molecule has 0 radical (unpaired) electrons. The molecule has 12 heteroatoms. The number of esters is 1. The van der Waals surface area contributed by atoms with E-state index in [1.54, 1.807) is 0 Å². The molecule has 2 saturated carbocycles. The predicted octanol–water partition coefficient (Wildman–Crippen LogP) is -0.338. The molecule has 322 valence electrons. The Kier molecular flexibility index (Phi) is 14.0. The van der Waals surface area contributed by atoms with Crippen molar-refractivity contribution < 1.29 is 44.8 Å². The van der Waals surface area contributed by atoms with Crippen molar-refractivity contribution in [3.63, 3.8) is 0 Å². The van der Waals surface area contributed by atoms with Crippen LogP contribution < -0.4 is 37.3 Å². The third kappa shape index (κ3) is 8.65. The number of rotatable bonds is 11. The highest BCUT2D eigenvalue weighted by Gasteiger charge is 2.87. The number of cyclic esters (lactones) is 1. The number of likely N-dealkylation sites (N-methyl/N-ethyl adjacent to an activating group) is 1. The Labute approximate surface area is 347 Å². The maximum Gasteiger partial charge on any atom is 0.350 e. The van der Waals surface area contributed by atoms with Gasteiger partial charge in [0.2, 0.25) is 0 Å². The summed E-state index contributed by atoms with van der Waals surface area (Å²) in [4.78, 5) is 48.0. The van der Waals surface area contributed by atoms with E-state index in [2.05, 4.69) is 83.7 Å². The number of hydrogen-bond acceptors (Lipinski definition) is 6. The molecule has 3 heterocycles. The monoisotopic (exact) mass is 808 g/mol. The predicted molar refractivity (Wildman–Crippen MR) is 222 cm³/mol. The van der Waals surface area contributed by atoms with Crippen molar-refractivity contribution in [1.82, 2.24) is 10.6 Å². The summed E-state index contributed by atoms with van der Waals surface area (Å²) in [6.07, 6.45) is 22.7. The lowest BCUT2D eigenvalue weighted by Gasteiger charge is -2.42. The SMILES string of the molecule is CC[NH2+][C@H]1C=C2C=CC[C@H]3CCCC[C@@H](C)CC4CCCC5C(=O)[C@]6(CC=C(C)C[C@@H](NC(N)=[NH+]C)C7CC[NH2+]C(NC[NH2+]C)C7)O[C@]6(C(=O)OC[C@@H]1C[C@@H]23)C(=O)C45. The van der Waals surface area contributed by atoms with Gasteiger partial charge in [-0.1, -0.05) is 56.4 Å². The zero-order valence-corrected chi connectivity index (χ0v) is 36.2. The quantitative estimate of drug-likeness (QED) is 0.0281. The number of piperidine rings is 1. The molecule has 0 amide bonds. The number of carbonyl (C=O) groups excluding carboxylic acids is 3. The number of hydrogen-bond donors (Lipinski definition) is 7. The number of epoxide rings is 1. The molecule has 3 aliphatic heterocycles. The van der Waals surface area contributed by atoms with Gasteiger partial charge in [0, 0.05) is 49.4 Å². The molecule has 7 aliphatic rings. The minimum atomic E-state index is -1.87. The average Bonchev–Trinajstić information content (AvgIpc) is 3.94. The van der Waals surface area contributed by atoms with Gasteiger partial charge in [0.15, 0.2) is 17.2 Å². The van der Waals surface area contributed by atoms with Crippen LogP contribution in [-0.4, -0.2) is 93.4 Å². The van der Waals surface area contributed by atoms with E-state index in [-0.39, 0.29) is 48.5 Å². The van der Waals surface area contributed by atoms with Crippen LogP contribution in [0.1, 0.15) is 111 Å². The third-order valence-electron chi connectivity index (χ3n) is 15.5. The van der Waals surface area contributed by atoms with Crippen LogP contribution >= 0.6 is 0 Å². The number of fused-ring (bicyclic) bond motifs is 1. The molecule has 5 fully saturated rings. The van der Waals surface area contributed by atoms with Gasteiger partial charge in [0.05, 0.1) is 33.2 Å². The number of allylic oxidation sites excluding steroid dienone is 3. The van der Waals surface area contributed by atoms with Gasteiger partial charge in [-0.3, -0.25) is 25.6 Å². The number of quaternary nitrogens is 3. The van der Waals surface area contributed by atoms with Gasteiger partial charge in [-0.15, -0.1) is 0 Å². The second-order valence-corrected chi connectivity index (χ2v) is 19.4. The highest BCUT2D eigenvalue weighted by molar-refractivity contribution is 6.23. The molecule has 0 aromatic heterocycles. The van der Waals surface area contributed by atoms with Crippen molar-refractivity contribution in [2.24, 2.45) is 53.1 Å². The Hall–Kier alpha value is -2.90. The van der Waals surface area contributed by atoms with Gasteiger partial charge < -0.3 is 25.4 Å². The van der Waals surface area contributed by atoms with E-state index in [9.17, 15) is 9.59 Å². The van der Waals surface area contributed by atoms with E-state index in [1.165, 1.54) is 24.8 Å². The lowest BCUT2D eigenvalue weighted by atomic mass is 9.56. The highest BCUT2D eigenvalue weighted by Crippen LogP contribution is 2.63. The standard InChI is InChI=1S/C46H73N7O5/c1-6-50-37-24-31-14-9-13-30-12-8-7-11-28(2)21-33-15-10-16-35-40(33)42(55)46(43(56)57-26-34(37)23-36(30)31)45(58-46,41(35)54)19-17-29(3)22-38(53-44(47)49-5)32-18-20-51-39(25-32)52-27-48-4/h9,14,17,24,28,30,32-40,48,50-52H,6-8,10-13,15-16,18-23,25-27H2,1-5H3,(H3,47,49,53)/p+4/t28-,30-,32?,33?,34+,35?,36-,37+,38-,39?,40?,45+,46+/m1/s1.